The topological polar surface area (TPSA) is 61.8 Å². The molecule has 0 fully saturated rings. The average molecular weight is 313 g/mol. The van der Waals surface area contributed by atoms with Crippen molar-refractivity contribution in [2.24, 2.45) is 0 Å². The smallest absolute Gasteiger partial charge is 0.156 e. The van der Waals surface area contributed by atoms with Crippen molar-refractivity contribution in [1.29, 1.82) is 5.26 Å². The molecular formula is C20H15N3O. The number of nitrogens with zero attached hydrogens (tertiary/aromatic N) is 3. The van der Waals surface area contributed by atoms with Crippen LogP contribution in [0.5, 0.6) is 0 Å². The van der Waals surface area contributed by atoms with Gasteiger partial charge in [-0.1, -0.05) is 42.2 Å². The van der Waals surface area contributed by atoms with E-state index in [0.717, 1.165) is 11.1 Å². The molecule has 0 aliphatic carbocycles. The average Bonchev–Trinajstić information content (AvgIpc) is 3.09. The summed E-state index contributed by atoms with van der Waals surface area (Å²) in [7, 11) is 0. The third-order valence-electron chi connectivity index (χ3n) is 3.59. The Morgan fingerprint density at radius 1 is 1.04 bits per heavy atom. The van der Waals surface area contributed by atoms with Crippen molar-refractivity contribution >= 4 is 0 Å². The van der Waals surface area contributed by atoms with E-state index in [2.05, 4.69) is 22.9 Å². The number of benzene rings is 2. The summed E-state index contributed by atoms with van der Waals surface area (Å²) in [5, 5.41) is 19.2. The van der Waals surface area contributed by atoms with E-state index in [1.807, 2.05) is 47.0 Å². The SMILES string of the molecule is N#Cc1ccc(Cn2cncc2C(O)C#Cc2ccccc2)cc1. The first-order chi connectivity index (χ1) is 11.8. The number of rotatable bonds is 3. The maximum Gasteiger partial charge on any atom is 0.156 e. The van der Waals surface area contributed by atoms with E-state index >= 15 is 0 Å². The number of nitriles is 1. The molecule has 0 radical (unpaired) electrons. The Bertz CT molecular complexity index is 909. The predicted octanol–water partition coefficient (Wildman–Crippen LogP) is 2.89. The van der Waals surface area contributed by atoms with Gasteiger partial charge >= 0.3 is 0 Å². The third-order valence-corrected chi connectivity index (χ3v) is 3.59. The van der Waals surface area contributed by atoms with Crippen LogP contribution in [-0.2, 0) is 6.54 Å². The van der Waals surface area contributed by atoms with Crippen LogP contribution in [0.4, 0.5) is 0 Å². The molecule has 4 nitrogen and oxygen atoms in total. The minimum atomic E-state index is -0.911. The van der Waals surface area contributed by atoms with Gasteiger partial charge in [0.05, 0.1) is 29.9 Å². The molecule has 1 atom stereocenters. The summed E-state index contributed by atoms with van der Waals surface area (Å²) < 4.78 is 1.85. The predicted molar refractivity (Wildman–Crippen MR) is 90.8 cm³/mol. The first-order valence-electron chi connectivity index (χ1n) is 7.50. The zero-order valence-electron chi connectivity index (χ0n) is 12.9. The quantitative estimate of drug-likeness (QED) is 0.756. The Morgan fingerprint density at radius 2 is 1.79 bits per heavy atom. The van der Waals surface area contributed by atoms with Gasteiger partial charge in [0.1, 0.15) is 0 Å². The number of aliphatic hydroxyl groups excluding tert-OH is 1. The van der Waals surface area contributed by atoms with Crippen molar-refractivity contribution in [3.63, 3.8) is 0 Å². The van der Waals surface area contributed by atoms with Crippen molar-refractivity contribution in [3.8, 4) is 17.9 Å². The molecule has 0 saturated carbocycles. The van der Waals surface area contributed by atoms with E-state index in [1.54, 1.807) is 24.7 Å². The van der Waals surface area contributed by atoms with Gasteiger partial charge in [0.25, 0.3) is 0 Å². The van der Waals surface area contributed by atoms with E-state index in [9.17, 15) is 5.11 Å². The minimum Gasteiger partial charge on any atom is -0.374 e. The molecule has 0 spiro atoms. The zero-order valence-corrected chi connectivity index (χ0v) is 12.9. The second-order valence-corrected chi connectivity index (χ2v) is 5.29. The summed E-state index contributed by atoms with van der Waals surface area (Å²) in [6, 6.07) is 19.0. The lowest BCUT2D eigenvalue weighted by Gasteiger charge is -2.09. The highest BCUT2D eigenvalue weighted by atomic mass is 16.3. The van der Waals surface area contributed by atoms with E-state index in [4.69, 9.17) is 5.26 Å². The fraction of sp³-hybridized carbons (Fsp3) is 0.100. The van der Waals surface area contributed by atoms with Gasteiger partial charge in [-0.15, -0.1) is 0 Å². The summed E-state index contributed by atoms with van der Waals surface area (Å²) in [4.78, 5) is 4.11. The van der Waals surface area contributed by atoms with E-state index < -0.39 is 6.10 Å². The highest BCUT2D eigenvalue weighted by molar-refractivity contribution is 5.36. The van der Waals surface area contributed by atoms with Crippen LogP contribution in [-0.4, -0.2) is 14.7 Å². The van der Waals surface area contributed by atoms with Crippen LogP contribution in [0.2, 0.25) is 0 Å². The lowest BCUT2D eigenvalue weighted by atomic mass is 10.1. The molecule has 4 heteroatoms. The molecule has 0 aliphatic heterocycles. The van der Waals surface area contributed by atoms with Crippen LogP contribution < -0.4 is 0 Å². The summed E-state index contributed by atoms with van der Waals surface area (Å²) in [5.41, 5.74) is 3.15. The van der Waals surface area contributed by atoms with Gasteiger partial charge in [0.15, 0.2) is 6.10 Å². The number of hydrogen-bond donors (Lipinski definition) is 1. The fourth-order valence-corrected chi connectivity index (χ4v) is 2.32. The molecule has 3 rings (SSSR count). The lowest BCUT2D eigenvalue weighted by Crippen LogP contribution is -2.07. The molecule has 2 aromatic carbocycles. The standard InChI is InChI=1S/C20H15N3O/c21-12-17-6-8-18(9-7-17)14-23-15-22-13-19(23)20(24)11-10-16-4-2-1-3-5-16/h1-9,13,15,20,24H,14H2. The highest BCUT2D eigenvalue weighted by Gasteiger charge is 2.10. The molecule has 0 bridgehead atoms. The lowest BCUT2D eigenvalue weighted by molar-refractivity contribution is 0.228. The van der Waals surface area contributed by atoms with Crippen LogP contribution in [0.1, 0.15) is 28.5 Å². The normalized spacial score (nSPS) is 11.2. The third kappa shape index (κ3) is 3.70. The Balaban J connectivity index is 1.77. The molecule has 24 heavy (non-hydrogen) atoms. The summed E-state index contributed by atoms with van der Waals surface area (Å²) in [5.74, 6) is 5.81. The van der Waals surface area contributed by atoms with Gasteiger partial charge in [0.2, 0.25) is 0 Å². The summed E-state index contributed by atoms with van der Waals surface area (Å²) in [6.45, 7) is 0.561. The number of hydrogen-bond acceptors (Lipinski definition) is 3. The van der Waals surface area contributed by atoms with Gasteiger partial charge in [-0.05, 0) is 29.8 Å². The molecule has 116 valence electrons. The van der Waals surface area contributed by atoms with Gasteiger partial charge in [0, 0.05) is 12.1 Å². The molecule has 0 aliphatic rings. The first kappa shape index (κ1) is 15.6. The Hall–Kier alpha value is -3.34. The van der Waals surface area contributed by atoms with E-state index in [1.165, 1.54) is 0 Å². The second-order valence-electron chi connectivity index (χ2n) is 5.29. The Morgan fingerprint density at radius 3 is 2.50 bits per heavy atom. The van der Waals surface area contributed by atoms with Gasteiger partial charge in [-0.2, -0.15) is 5.26 Å². The maximum atomic E-state index is 10.3. The van der Waals surface area contributed by atoms with Gasteiger partial charge in [-0.3, -0.25) is 0 Å². The van der Waals surface area contributed by atoms with Crippen molar-refractivity contribution < 1.29 is 5.11 Å². The number of imidazole rings is 1. The van der Waals surface area contributed by atoms with Gasteiger partial charge in [-0.25, -0.2) is 4.98 Å². The van der Waals surface area contributed by atoms with Crippen molar-refractivity contribution in [2.45, 2.75) is 12.6 Å². The molecule has 1 heterocycles. The zero-order chi connectivity index (χ0) is 16.8. The fourth-order valence-electron chi connectivity index (χ4n) is 2.32. The van der Waals surface area contributed by atoms with Crippen molar-refractivity contribution in [2.75, 3.05) is 0 Å². The number of aromatic nitrogens is 2. The summed E-state index contributed by atoms with van der Waals surface area (Å²) >= 11 is 0. The second kappa shape index (κ2) is 7.28. The van der Waals surface area contributed by atoms with Crippen LogP contribution in [0.15, 0.2) is 67.1 Å². The monoisotopic (exact) mass is 313 g/mol. The van der Waals surface area contributed by atoms with Crippen molar-refractivity contribution in [3.05, 3.63) is 89.5 Å². The Labute approximate surface area is 140 Å². The van der Waals surface area contributed by atoms with E-state index in [0.29, 0.717) is 17.8 Å². The highest BCUT2D eigenvalue weighted by Crippen LogP contribution is 2.14. The molecule has 1 unspecified atom stereocenters. The molecule has 0 saturated heterocycles. The largest absolute Gasteiger partial charge is 0.374 e. The first-order valence-corrected chi connectivity index (χ1v) is 7.50. The minimum absolute atomic E-state index is 0.561. The van der Waals surface area contributed by atoms with Crippen LogP contribution in [0.25, 0.3) is 0 Å². The summed E-state index contributed by atoms with van der Waals surface area (Å²) in [6.07, 6.45) is 2.38. The van der Waals surface area contributed by atoms with Crippen LogP contribution in [0, 0.1) is 23.2 Å². The molecule has 1 N–H and O–H groups in total. The van der Waals surface area contributed by atoms with Crippen LogP contribution in [0.3, 0.4) is 0 Å². The van der Waals surface area contributed by atoms with Crippen molar-refractivity contribution in [1.82, 2.24) is 9.55 Å². The molecule has 0 amide bonds. The Kier molecular flexibility index (Phi) is 4.72. The molecular weight excluding hydrogens is 298 g/mol. The molecule has 3 aromatic rings. The maximum absolute atomic E-state index is 10.3. The van der Waals surface area contributed by atoms with E-state index in [-0.39, 0.29) is 0 Å². The van der Waals surface area contributed by atoms with Crippen LogP contribution >= 0.6 is 0 Å². The molecule has 1 aromatic heterocycles. The van der Waals surface area contributed by atoms with Gasteiger partial charge < -0.3 is 9.67 Å². The number of aliphatic hydroxyl groups is 1.